The Morgan fingerprint density at radius 3 is 2.63 bits per heavy atom. The van der Waals surface area contributed by atoms with Gasteiger partial charge < -0.3 is 15.5 Å². The molecule has 0 aliphatic carbocycles. The number of nitrogens with zero attached hydrogens (tertiary/aromatic N) is 3. The van der Waals surface area contributed by atoms with E-state index in [1.54, 1.807) is 6.33 Å². The largest absolute Gasteiger partial charge is 0.370 e. The number of piperidine rings is 1. The predicted molar refractivity (Wildman–Crippen MR) is 79.5 cm³/mol. The van der Waals surface area contributed by atoms with Crippen molar-refractivity contribution in [1.82, 2.24) is 14.9 Å². The molecule has 2 rings (SSSR count). The van der Waals surface area contributed by atoms with Gasteiger partial charge in [0.15, 0.2) is 0 Å². The summed E-state index contributed by atoms with van der Waals surface area (Å²) in [5.74, 6) is 2.56. The van der Waals surface area contributed by atoms with Crippen LogP contribution in [-0.4, -0.2) is 47.6 Å². The molecule has 0 unspecified atom stereocenters. The van der Waals surface area contributed by atoms with Gasteiger partial charge in [0.25, 0.3) is 0 Å². The minimum absolute atomic E-state index is 0.386. The third-order valence-electron chi connectivity index (χ3n) is 3.51. The number of hydrogen-bond donors (Lipinski definition) is 2. The number of anilines is 2. The Kier molecular flexibility index (Phi) is 4.96. The molecule has 1 saturated heterocycles. The molecular formula is C14H25N5. The van der Waals surface area contributed by atoms with Crippen molar-refractivity contribution in [2.75, 3.05) is 37.3 Å². The maximum absolute atomic E-state index is 4.27. The SMILES string of the molecule is CC(C)Nc1cc(NCC2CCN(C)CC2)ncn1. The molecule has 0 amide bonds. The molecule has 0 atom stereocenters. The van der Waals surface area contributed by atoms with E-state index in [1.807, 2.05) is 6.07 Å². The zero-order chi connectivity index (χ0) is 13.7. The highest BCUT2D eigenvalue weighted by Gasteiger charge is 2.16. The molecule has 5 heteroatoms. The van der Waals surface area contributed by atoms with E-state index >= 15 is 0 Å². The summed E-state index contributed by atoms with van der Waals surface area (Å²) in [6.07, 6.45) is 4.15. The second-order valence-corrected chi connectivity index (χ2v) is 5.72. The smallest absolute Gasteiger partial charge is 0.131 e. The minimum atomic E-state index is 0.386. The third kappa shape index (κ3) is 4.67. The number of likely N-dealkylation sites (tertiary alicyclic amines) is 1. The first-order chi connectivity index (χ1) is 9.13. The van der Waals surface area contributed by atoms with Gasteiger partial charge in [-0.25, -0.2) is 9.97 Å². The van der Waals surface area contributed by atoms with Gasteiger partial charge in [-0.15, -0.1) is 0 Å². The van der Waals surface area contributed by atoms with E-state index in [1.165, 1.54) is 25.9 Å². The quantitative estimate of drug-likeness (QED) is 0.851. The van der Waals surface area contributed by atoms with Gasteiger partial charge in [0, 0.05) is 18.7 Å². The van der Waals surface area contributed by atoms with E-state index in [2.05, 4.69) is 46.4 Å². The standard InChI is InChI=1S/C14H25N5/c1-11(2)18-14-8-13(16-10-17-14)15-9-12-4-6-19(3)7-5-12/h8,10-12H,4-7,9H2,1-3H3,(H2,15,16,17,18). The molecule has 1 aromatic heterocycles. The Balaban J connectivity index is 1.82. The average Bonchev–Trinajstić information content (AvgIpc) is 2.38. The number of hydrogen-bond acceptors (Lipinski definition) is 5. The average molecular weight is 263 g/mol. The first-order valence-corrected chi connectivity index (χ1v) is 7.14. The Morgan fingerprint density at radius 2 is 1.95 bits per heavy atom. The molecular weight excluding hydrogens is 238 g/mol. The number of aromatic nitrogens is 2. The molecule has 106 valence electrons. The van der Waals surface area contributed by atoms with Gasteiger partial charge in [-0.05, 0) is 52.7 Å². The van der Waals surface area contributed by atoms with E-state index in [4.69, 9.17) is 0 Å². The lowest BCUT2D eigenvalue weighted by Gasteiger charge is -2.29. The summed E-state index contributed by atoms with van der Waals surface area (Å²) in [5.41, 5.74) is 0. The van der Waals surface area contributed by atoms with Crippen molar-refractivity contribution in [3.8, 4) is 0 Å². The molecule has 0 aromatic carbocycles. The van der Waals surface area contributed by atoms with E-state index in [0.29, 0.717) is 6.04 Å². The molecule has 19 heavy (non-hydrogen) atoms. The lowest BCUT2D eigenvalue weighted by molar-refractivity contribution is 0.226. The topological polar surface area (TPSA) is 53.1 Å². The summed E-state index contributed by atoms with van der Waals surface area (Å²) in [4.78, 5) is 10.9. The van der Waals surface area contributed by atoms with Crippen LogP contribution >= 0.6 is 0 Å². The minimum Gasteiger partial charge on any atom is -0.370 e. The third-order valence-corrected chi connectivity index (χ3v) is 3.51. The maximum atomic E-state index is 4.27. The van der Waals surface area contributed by atoms with E-state index in [0.717, 1.165) is 24.1 Å². The summed E-state index contributed by atoms with van der Waals surface area (Å²) in [7, 11) is 2.19. The molecule has 2 heterocycles. The normalized spacial score (nSPS) is 17.7. The molecule has 1 aliphatic heterocycles. The Morgan fingerprint density at radius 1 is 1.26 bits per heavy atom. The van der Waals surface area contributed by atoms with Crippen LogP contribution in [0.4, 0.5) is 11.6 Å². The summed E-state index contributed by atoms with van der Waals surface area (Å²) in [6, 6.07) is 2.37. The van der Waals surface area contributed by atoms with Gasteiger partial charge in [-0.3, -0.25) is 0 Å². The second-order valence-electron chi connectivity index (χ2n) is 5.72. The first-order valence-electron chi connectivity index (χ1n) is 7.14. The van der Waals surface area contributed by atoms with Crippen molar-refractivity contribution in [2.45, 2.75) is 32.7 Å². The van der Waals surface area contributed by atoms with Crippen LogP contribution in [-0.2, 0) is 0 Å². The molecule has 1 aliphatic rings. The van der Waals surface area contributed by atoms with Gasteiger partial charge >= 0.3 is 0 Å². The molecule has 1 aromatic rings. The van der Waals surface area contributed by atoms with Crippen LogP contribution in [0.15, 0.2) is 12.4 Å². The fourth-order valence-electron chi connectivity index (χ4n) is 2.34. The van der Waals surface area contributed by atoms with Crippen molar-refractivity contribution in [3.63, 3.8) is 0 Å². The highest BCUT2D eigenvalue weighted by Crippen LogP contribution is 2.17. The van der Waals surface area contributed by atoms with Gasteiger partial charge in [0.05, 0.1) is 0 Å². The molecule has 5 nitrogen and oxygen atoms in total. The van der Waals surface area contributed by atoms with Crippen LogP contribution in [0.2, 0.25) is 0 Å². The van der Waals surface area contributed by atoms with Gasteiger partial charge in [-0.2, -0.15) is 0 Å². The summed E-state index contributed by atoms with van der Waals surface area (Å²) in [5, 5.41) is 6.72. The van der Waals surface area contributed by atoms with Crippen LogP contribution < -0.4 is 10.6 Å². The van der Waals surface area contributed by atoms with Gasteiger partial charge in [0.1, 0.15) is 18.0 Å². The lowest BCUT2D eigenvalue weighted by Crippen LogP contribution is -2.33. The zero-order valence-corrected chi connectivity index (χ0v) is 12.2. The lowest BCUT2D eigenvalue weighted by atomic mass is 9.97. The van der Waals surface area contributed by atoms with Crippen LogP contribution in [0, 0.1) is 5.92 Å². The molecule has 0 saturated carbocycles. The van der Waals surface area contributed by atoms with Gasteiger partial charge in [0.2, 0.25) is 0 Å². The van der Waals surface area contributed by atoms with Crippen molar-refractivity contribution < 1.29 is 0 Å². The van der Waals surface area contributed by atoms with E-state index in [-0.39, 0.29) is 0 Å². The van der Waals surface area contributed by atoms with Crippen molar-refractivity contribution >= 4 is 11.6 Å². The Hall–Kier alpha value is -1.36. The van der Waals surface area contributed by atoms with Crippen molar-refractivity contribution in [1.29, 1.82) is 0 Å². The van der Waals surface area contributed by atoms with Crippen molar-refractivity contribution in [3.05, 3.63) is 12.4 Å². The zero-order valence-electron chi connectivity index (χ0n) is 12.2. The number of rotatable bonds is 5. The summed E-state index contributed by atoms with van der Waals surface area (Å²) in [6.45, 7) is 7.62. The Labute approximate surface area is 115 Å². The molecule has 0 radical (unpaired) electrons. The van der Waals surface area contributed by atoms with Crippen molar-refractivity contribution in [2.24, 2.45) is 5.92 Å². The second kappa shape index (κ2) is 6.70. The summed E-state index contributed by atoms with van der Waals surface area (Å²) >= 11 is 0. The summed E-state index contributed by atoms with van der Waals surface area (Å²) < 4.78 is 0. The molecule has 0 spiro atoms. The van der Waals surface area contributed by atoms with Crippen LogP contribution in [0.1, 0.15) is 26.7 Å². The van der Waals surface area contributed by atoms with E-state index in [9.17, 15) is 0 Å². The van der Waals surface area contributed by atoms with E-state index < -0.39 is 0 Å². The highest BCUT2D eigenvalue weighted by molar-refractivity contribution is 5.46. The fraction of sp³-hybridized carbons (Fsp3) is 0.714. The highest BCUT2D eigenvalue weighted by atomic mass is 15.1. The molecule has 0 bridgehead atoms. The van der Waals surface area contributed by atoms with Crippen LogP contribution in [0.25, 0.3) is 0 Å². The predicted octanol–water partition coefficient (Wildman–Crippen LogP) is 2.05. The molecule has 2 N–H and O–H groups in total. The number of nitrogens with one attached hydrogen (secondary N) is 2. The Bertz CT molecular complexity index is 385. The fourth-order valence-corrected chi connectivity index (χ4v) is 2.34. The van der Waals surface area contributed by atoms with Crippen LogP contribution in [0.3, 0.4) is 0 Å². The monoisotopic (exact) mass is 263 g/mol. The first kappa shape index (κ1) is 14.1. The van der Waals surface area contributed by atoms with Gasteiger partial charge in [-0.1, -0.05) is 0 Å². The van der Waals surface area contributed by atoms with Crippen LogP contribution in [0.5, 0.6) is 0 Å². The molecule has 1 fully saturated rings. The maximum Gasteiger partial charge on any atom is 0.131 e.